The number of benzene rings is 2. The molecule has 1 N–H and O–H groups in total. The van der Waals surface area contributed by atoms with Gasteiger partial charge in [-0.1, -0.05) is 36.4 Å². The first kappa shape index (κ1) is 14.8. The molecule has 0 fully saturated rings. The van der Waals surface area contributed by atoms with E-state index in [9.17, 15) is 9.90 Å². The molecule has 2 aromatic carbocycles. The molecule has 0 amide bonds. The number of nitrogens with zero attached hydrogens (tertiary/aromatic N) is 1. The highest BCUT2D eigenvalue weighted by atomic mass is 16.5. The first-order chi connectivity index (χ1) is 11.2. The van der Waals surface area contributed by atoms with Crippen LogP contribution in [0.4, 0.5) is 0 Å². The fourth-order valence-corrected chi connectivity index (χ4v) is 2.41. The van der Waals surface area contributed by atoms with E-state index in [0.717, 1.165) is 16.7 Å². The van der Waals surface area contributed by atoms with Crippen LogP contribution >= 0.6 is 0 Å². The molecule has 0 radical (unpaired) electrons. The largest absolute Gasteiger partial charge is 0.496 e. The second-order valence-electron chi connectivity index (χ2n) is 4.99. The second kappa shape index (κ2) is 6.32. The number of hydrogen-bond donors (Lipinski definition) is 1. The van der Waals surface area contributed by atoms with Gasteiger partial charge in [0, 0.05) is 10.9 Å². The molecule has 0 saturated heterocycles. The van der Waals surface area contributed by atoms with Crippen molar-refractivity contribution in [2.45, 2.75) is 0 Å². The standard InChI is InChI=1S/C19H15NO3/c1-23-17-8-3-2-5-13(17)9-11-15-12-10-14-6-4-7-16(19(21)22)18(14)20-15/h2-12H,1H3,(H,21,22)/b11-9+. The summed E-state index contributed by atoms with van der Waals surface area (Å²) in [4.78, 5) is 15.8. The highest BCUT2D eigenvalue weighted by Gasteiger charge is 2.09. The molecule has 0 unspecified atom stereocenters. The van der Waals surface area contributed by atoms with E-state index >= 15 is 0 Å². The molecular formula is C19H15NO3. The van der Waals surface area contributed by atoms with Gasteiger partial charge in [-0.3, -0.25) is 0 Å². The lowest BCUT2D eigenvalue weighted by Gasteiger charge is -2.04. The summed E-state index contributed by atoms with van der Waals surface area (Å²) in [6.07, 6.45) is 3.74. The van der Waals surface area contributed by atoms with E-state index in [1.54, 1.807) is 19.2 Å². The number of fused-ring (bicyclic) bond motifs is 1. The van der Waals surface area contributed by atoms with E-state index in [0.29, 0.717) is 11.2 Å². The van der Waals surface area contributed by atoms with Crippen molar-refractivity contribution < 1.29 is 14.6 Å². The number of aromatic nitrogens is 1. The molecule has 0 saturated carbocycles. The van der Waals surface area contributed by atoms with Gasteiger partial charge in [0.1, 0.15) is 5.75 Å². The molecule has 0 aliphatic heterocycles. The van der Waals surface area contributed by atoms with Crippen molar-refractivity contribution >= 4 is 29.0 Å². The summed E-state index contributed by atoms with van der Waals surface area (Å²) in [5, 5.41) is 10.1. The van der Waals surface area contributed by atoms with Crippen LogP contribution in [0.3, 0.4) is 0 Å². The Kier molecular flexibility index (Phi) is 4.06. The molecular weight excluding hydrogens is 290 g/mol. The third-order valence-corrected chi connectivity index (χ3v) is 3.54. The SMILES string of the molecule is COc1ccccc1/C=C/c1ccc2cccc(C(=O)O)c2n1. The Balaban J connectivity index is 2.02. The predicted octanol–water partition coefficient (Wildman–Crippen LogP) is 4.11. The van der Waals surface area contributed by atoms with E-state index in [-0.39, 0.29) is 5.56 Å². The van der Waals surface area contributed by atoms with Crippen molar-refractivity contribution in [3.63, 3.8) is 0 Å². The van der Waals surface area contributed by atoms with Gasteiger partial charge in [0.25, 0.3) is 0 Å². The van der Waals surface area contributed by atoms with Crippen LogP contribution in [-0.4, -0.2) is 23.2 Å². The lowest BCUT2D eigenvalue weighted by Crippen LogP contribution is -1.99. The summed E-state index contributed by atoms with van der Waals surface area (Å²) in [6, 6.07) is 16.5. The third-order valence-electron chi connectivity index (χ3n) is 3.54. The van der Waals surface area contributed by atoms with Crippen molar-refractivity contribution in [2.75, 3.05) is 7.11 Å². The molecule has 4 heteroatoms. The minimum absolute atomic E-state index is 0.204. The van der Waals surface area contributed by atoms with Gasteiger partial charge in [-0.05, 0) is 30.4 Å². The van der Waals surface area contributed by atoms with E-state index in [1.165, 1.54) is 0 Å². The normalized spacial score (nSPS) is 11.0. The molecule has 114 valence electrons. The number of methoxy groups -OCH3 is 1. The van der Waals surface area contributed by atoms with Gasteiger partial charge in [0.15, 0.2) is 0 Å². The number of ether oxygens (including phenoxy) is 1. The van der Waals surface area contributed by atoms with Crippen molar-refractivity contribution in [2.24, 2.45) is 0 Å². The summed E-state index contributed by atoms with van der Waals surface area (Å²) >= 11 is 0. The van der Waals surface area contributed by atoms with Crippen LogP contribution in [-0.2, 0) is 0 Å². The molecule has 0 atom stereocenters. The van der Waals surface area contributed by atoms with Crippen LogP contribution in [0.1, 0.15) is 21.6 Å². The Labute approximate surface area is 133 Å². The Bertz CT molecular complexity index is 900. The van der Waals surface area contributed by atoms with E-state index < -0.39 is 5.97 Å². The Hall–Kier alpha value is -3.14. The molecule has 0 aliphatic carbocycles. The number of hydrogen-bond acceptors (Lipinski definition) is 3. The molecule has 3 rings (SSSR count). The maximum Gasteiger partial charge on any atom is 0.337 e. The van der Waals surface area contributed by atoms with Gasteiger partial charge in [0.05, 0.1) is 23.9 Å². The van der Waals surface area contributed by atoms with Crippen LogP contribution in [0, 0.1) is 0 Å². The van der Waals surface area contributed by atoms with E-state index in [4.69, 9.17) is 4.74 Å². The maximum atomic E-state index is 11.3. The Morgan fingerprint density at radius 1 is 1.04 bits per heavy atom. The molecule has 0 aliphatic rings. The average molecular weight is 305 g/mol. The Morgan fingerprint density at radius 2 is 1.87 bits per heavy atom. The van der Waals surface area contributed by atoms with Crippen molar-refractivity contribution in [1.82, 2.24) is 4.98 Å². The van der Waals surface area contributed by atoms with Crippen molar-refractivity contribution in [3.05, 3.63) is 71.4 Å². The number of para-hydroxylation sites is 2. The quantitative estimate of drug-likeness (QED) is 0.788. The lowest BCUT2D eigenvalue weighted by molar-refractivity contribution is 0.0699. The number of carbonyl (C=O) groups is 1. The van der Waals surface area contributed by atoms with Gasteiger partial charge < -0.3 is 9.84 Å². The van der Waals surface area contributed by atoms with Crippen LogP contribution in [0.25, 0.3) is 23.1 Å². The lowest BCUT2D eigenvalue weighted by atomic mass is 10.1. The molecule has 0 spiro atoms. The van der Waals surface area contributed by atoms with Crippen LogP contribution in [0.2, 0.25) is 0 Å². The molecule has 4 nitrogen and oxygen atoms in total. The molecule has 0 bridgehead atoms. The second-order valence-corrected chi connectivity index (χ2v) is 4.99. The monoisotopic (exact) mass is 305 g/mol. The van der Waals surface area contributed by atoms with E-state index in [2.05, 4.69) is 4.98 Å². The number of carboxylic acid groups (broad SMARTS) is 1. The van der Waals surface area contributed by atoms with Gasteiger partial charge in [-0.25, -0.2) is 9.78 Å². The summed E-state index contributed by atoms with van der Waals surface area (Å²) in [6.45, 7) is 0. The average Bonchev–Trinajstić information content (AvgIpc) is 2.59. The smallest absolute Gasteiger partial charge is 0.337 e. The Morgan fingerprint density at radius 3 is 2.65 bits per heavy atom. The molecule has 23 heavy (non-hydrogen) atoms. The first-order valence-electron chi connectivity index (χ1n) is 7.13. The zero-order valence-electron chi connectivity index (χ0n) is 12.6. The molecule has 1 heterocycles. The van der Waals surface area contributed by atoms with Crippen molar-refractivity contribution in [1.29, 1.82) is 0 Å². The van der Waals surface area contributed by atoms with Crippen LogP contribution < -0.4 is 4.74 Å². The fraction of sp³-hybridized carbons (Fsp3) is 0.0526. The van der Waals surface area contributed by atoms with Crippen LogP contribution in [0.15, 0.2) is 54.6 Å². The van der Waals surface area contributed by atoms with Gasteiger partial charge in [0.2, 0.25) is 0 Å². The van der Waals surface area contributed by atoms with E-state index in [1.807, 2.05) is 54.6 Å². The van der Waals surface area contributed by atoms with Gasteiger partial charge in [-0.15, -0.1) is 0 Å². The number of carboxylic acids is 1. The van der Waals surface area contributed by atoms with Gasteiger partial charge in [-0.2, -0.15) is 0 Å². The fourth-order valence-electron chi connectivity index (χ4n) is 2.41. The number of rotatable bonds is 4. The highest BCUT2D eigenvalue weighted by Crippen LogP contribution is 2.21. The summed E-state index contributed by atoms with van der Waals surface area (Å²) in [5.41, 5.74) is 2.32. The summed E-state index contributed by atoms with van der Waals surface area (Å²) in [7, 11) is 1.63. The topological polar surface area (TPSA) is 59.4 Å². The van der Waals surface area contributed by atoms with Gasteiger partial charge >= 0.3 is 5.97 Å². The molecule has 3 aromatic rings. The maximum absolute atomic E-state index is 11.3. The summed E-state index contributed by atoms with van der Waals surface area (Å²) in [5.74, 6) is -0.204. The molecule has 1 aromatic heterocycles. The number of aromatic carboxylic acids is 1. The summed E-state index contributed by atoms with van der Waals surface area (Å²) < 4.78 is 5.31. The zero-order valence-corrected chi connectivity index (χ0v) is 12.6. The minimum atomic E-state index is -0.978. The first-order valence-corrected chi connectivity index (χ1v) is 7.13. The predicted molar refractivity (Wildman–Crippen MR) is 90.6 cm³/mol. The highest BCUT2D eigenvalue weighted by molar-refractivity contribution is 6.02. The number of pyridine rings is 1. The third kappa shape index (κ3) is 3.06. The zero-order chi connectivity index (χ0) is 16.2. The minimum Gasteiger partial charge on any atom is -0.496 e. The van der Waals surface area contributed by atoms with Crippen molar-refractivity contribution in [3.8, 4) is 5.75 Å². The van der Waals surface area contributed by atoms with Crippen LogP contribution in [0.5, 0.6) is 5.75 Å².